The molecule has 0 fully saturated rings. The zero-order valence-corrected chi connectivity index (χ0v) is 11.5. The van der Waals surface area contributed by atoms with Gasteiger partial charge in [0.15, 0.2) is 0 Å². The largest absolute Gasteiger partial charge is 0.316 e. The van der Waals surface area contributed by atoms with Crippen molar-refractivity contribution in [2.24, 2.45) is 0 Å². The standard InChI is InChI=1S/C15H13FN2O3/c1-9-7-10(2)14(13(8-9)18(20)21)17-15(19)11-3-5-12(16)6-4-11/h3-8H,1-2H3,(H,17,19). The summed E-state index contributed by atoms with van der Waals surface area (Å²) in [7, 11) is 0. The van der Waals surface area contributed by atoms with Gasteiger partial charge < -0.3 is 5.32 Å². The van der Waals surface area contributed by atoms with Crippen LogP contribution < -0.4 is 5.32 Å². The number of hydrogen-bond acceptors (Lipinski definition) is 3. The lowest BCUT2D eigenvalue weighted by atomic mass is 10.1. The molecule has 2 aromatic rings. The summed E-state index contributed by atoms with van der Waals surface area (Å²) in [5.74, 6) is -0.978. The maximum atomic E-state index is 12.8. The molecule has 2 rings (SSSR count). The molecule has 0 saturated heterocycles. The molecule has 0 atom stereocenters. The van der Waals surface area contributed by atoms with Crippen molar-refractivity contribution in [2.45, 2.75) is 13.8 Å². The van der Waals surface area contributed by atoms with Crippen LogP contribution in [0.1, 0.15) is 21.5 Å². The van der Waals surface area contributed by atoms with Gasteiger partial charge in [0.05, 0.1) is 4.92 Å². The number of rotatable bonds is 3. The first-order valence-electron chi connectivity index (χ1n) is 6.21. The molecule has 6 heteroatoms. The Balaban J connectivity index is 2.37. The van der Waals surface area contributed by atoms with Crippen LogP contribution in [-0.2, 0) is 0 Å². The Hall–Kier alpha value is -2.76. The van der Waals surface area contributed by atoms with Gasteiger partial charge in [-0.2, -0.15) is 0 Å². The van der Waals surface area contributed by atoms with Crippen LogP contribution in [0.15, 0.2) is 36.4 Å². The Kier molecular flexibility index (Phi) is 3.98. The fraction of sp³-hybridized carbons (Fsp3) is 0.133. The predicted molar refractivity (Wildman–Crippen MR) is 76.9 cm³/mol. The fourth-order valence-electron chi connectivity index (χ4n) is 2.04. The number of halogens is 1. The average molecular weight is 288 g/mol. The van der Waals surface area contributed by atoms with E-state index in [1.165, 1.54) is 18.2 Å². The highest BCUT2D eigenvalue weighted by Gasteiger charge is 2.19. The first-order chi connectivity index (χ1) is 9.88. The van der Waals surface area contributed by atoms with E-state index in [2.05, 4.69) is 5.32 Å². The Bertz CT molecular complexity index is 712. The number of aryl methyl sites for hydroxylation is 2. The third-order valence-corrected chi connectivity index (χ3v) is 3.00. The number of carbonyl (C=O) groups is 1. The molecule has 0 heterocycles. The van der Waals surface area contributed by atoms with E-state index < -0.39 is 16.6 Å². The minimum absolute atomic E-state index is 0.153. The second-order valence-corrected chi connectivity index (χ2v) is 4.69. The molecule has 0 saturated carbocycles. The number of nitro benzene ring substituents is 1. The van der Waals surface area contributed by atoms with Gasteiger partial charge >= 0.3 is 0 Å². The number of hydrogen-bond donors (Lipinski definition) is 1. The third kappa shape index (κ3) is 3.22. The van der Waals surface area contributed by atoms with E-state index >= 15 is 0 Å². The molecule has 1 N–H and O–H groups in total. The number of carbonyl (C=O) groups excluding carboxylic acids is 1. The number of nitro groups is 1. The van der Waals surface area contributed by atoms with Gasteiger partial charge in [-0.05, 0) is 49.2 Å². The lowest BCUT2D eigenvalue weighted by molar-refractivity contribution is -0.384. The van der Waals surface area contributed by atoms with Gasteiger partial charge in [-0.3, -0.25) is 14.9 Å². The first-order valence-corrected chi connectivity index (χ1v) is 6.21. The van der Waals surface area contributed by atoms with Crippen molar-refractivity contribution >= 4 is 17.3 Å². The van der Waals surface area contributed by atoms with E-state index in [0.717, 1.165) is 17.7 Å². The summed E-state index contributed by atoms with van der Waals surface area (Å²) >= 11 is 0. The molecule has 5 nitrogen and oxygen atoms in total. The van der Waals surface area contributed by atoms with Crippen molar-refractivity contribution in [3.8, 4) is 0 Å². The second-order valence-electron chi connectivity index (χ2n) is 4.69. The smallest absolute Gasteiger partial charge is 0.293 e. The number of anilines is 1. The van der Waals surface area contributed by atoms with E-state index in [9.17, 15) is 19.3 Å². The van der Waals surface area contributed by atoms with Crippen molar-refractivity contribution < 1.29 is 14.1 Å². The van der Waals surface area contributed by atoms with Crippen molar-refractivity contribution in [3.63, 3.8) is 0 Å². The summed E-state index contributed by atoms with van der Waals surface area (Å²) < 4.78 is 12.8. The zero-order valence-electron chi connectivity index (χ0n) is 11.5. The molecule has 0 aliphatic rings. The Labute approximate surface area is 120 Å². The van der Waals surface area contributed by atoms with Gasteiger partial charge in [0, 0.05) is 11.6 Å². The van der Waals surface area contributed by atoms with E-state index in [1.807, 2.05) is 0 Å². The number of nitrogens with zero attached hydrogens (tertiary/aromatic N) is 1. The molecule has 108 valence electrons. The van der Waals surface area contributed by atoms with Crippen LogP contribution in [0.3, 0.4) is 0 Å². The van der Waals surface area contributed by atoms with E-state index in [1.54, 1.807) is 19.9 Å². The van der Waals surface area contributed by atoms with Gasteiger partial charge in [-0.15, -0.1) is 0 Å². The maximum absolute atomic E-state index is 12.8. The Morgan fingerprint density at radius 3 is 2.38 bits per heavy atom. The van der Waals surface area contributed by atoms with Crippen LogP contribution in [0.4, 0.5) is 15.8 Å². The van der Waals surface area contributed by atoms with Crippen LogP contribution in [0.25, 0.3) is 0 Å². The summed E-state index contributed by atoms with van der Waals surface area (Å²) in [6.45, 7) is 3.42. The quantitative estimate of drug-likeness (QED) is 0.692. The molecule has 0 aromatic heterocycles. The van der Waals surface area contributed by atoms with Gasteiger partial charge in [0.25, 0.3) is 11.6 Å². The van der Waals surface area contributed by atoms with Gasteiger partial charge in [-0.1, -0.05) is 6.07 Å². The minimum atomic E-state index is -0.541. The van der Waals surface area contributed by atoms with Crippen LogP contribution in [0.5, 0.6) is 0 Å². The van der Waals surface area contributed by atoms with Gasteiger partial charge in [-0.25, -0.2) is 4.39 Å². The van der Waals surface area contributed by atoms with Crippen molar-refractivity contribution in [1.82, 2.24) is 0 Å². The summed E-state index contributed by atoms with van der Waals surface area (Å²) in [4.78, 5) is 22.6. The van der Waals surface area contributed by atoms with Gasteiger partial charge in [0.2, 0.25) is 0 Å². The van der Waals surface area contributed by atoms with Crippen LogP contribution >= 0.6 is 0 Å². The summed E-state index contributed by atoms with van der Waals surface area (Å²) in [5.41, 5.74) is 1.55. The molecule has 1 amide bonds. The highest BCUT2D eigenvalue weighted by molar-refractivity contribution is 6.05. The lowest BCUT2D eigenvalue weighted by Gasteiger charge is -2.10. The van der Waals surface area contributed by atoms with Crippen molar-refractivity contribution in [3.05, 3.63) is 69.0 Å². The van der Waals surface area contributed by atoms with E-state index in [4.69, 9.17) is 0 Å². The van der Waals surface area contributed by atoms with Crippen molar-refractivity contribution in [1.29, 1.82) is 0 Å². The van der Waals surface area contributed by atoms with E-state index in [0.29, 0.717) is 5.56 Å². The number of benzene rings is 2. The molecule has 0 bridgehead atoms. The monoisotopic (exact) mass is 288 g/mol. The fourth-order valence-corrected chi connectivity index (χ4v) is 2.04. The van der Waals surface area contributed by atoms with Crippen molar-refractivity contribution in [2.75, 3.05) is 5.32 Å². The molecular weight excluding hydrogens is 275 g/mol. The summed E-state index contributed by atoms with van der Waals surface area (Å²) in [6.07, 6.45) is 0. The Morgan fingerprint density at radius 2 is 1.81 bits per heavy atom. The van der Waals surface area contributed by atoms with E-state index in [-0.39, 0.29) is 16.9 Å². The first kappa shape index (κ1) is 14.6. The number of nitrogens with one attached hydrogen (secondary N) is 1. The average Bonchev–Trinajstić information content (AvgIpc) is 2.41. The topological polar surface area (TPSA) is 72.2 Å². The Morgan fingerprint density at radius 1 is 1.19 bits per heavy atom. The molecule has 0 spiro atoms. The zero-order chi connectivity index (χ0) is 15.6. The minimum Gasteiger partial charge on any atom is -0.316 e. The highest BCUT2D eigenvalue weighted by Crippen LogP contribution is 2.30. The molecule has 2 aromatic carbocycles. The molecular formula is C15H13FN2O3. The summed E-state index contributed by atoms with van der Waals surface area (Å²) in [5, 5.41) is 13.6. The SMILES string of the molecule is Cc1cc(C)c(NC(=O)c2ccc(F)cc2)c([N+](=O)[O-])c1. The third-order valence-electron chi connectivity index (χ3n) is 3.00. The highest BCUT2D eigenvalue weighted by atomic mass is 19.1. The summed E-state index contributed by atoms with van der Waals surface area (Å²) in [6, 6.07) is 8.09. The molecule has 0 unspecified atom stereocenters. The molecule has 0 aliphatic carbocycles. The molecule has 21 heavy (non-hydrogen) atoms. The maximum Gasteiger partial charge on any atom is 0.293 e. The number of amides is 1. The van der Waals surface area contributed by atoms with Crippen LogP contribution in [0, 0.1) is 29.8 Å². The normalized spacial score (nSPS) is 10.2. The molecule has 0 radical (unpaired) electrons. The molecule has 0 aliphatic heterocycles. The van der Waals surface area contributed by atoms with Crippen LogP contribution in [-0.4, -0.2) is 10.8 Å². The van der Waals surface area contributed by atoms with Crippen LogP contribution in [0.2, 0.25) is 0 Å². The lowest BCUT2D eigenvalue weighted by Crippen LogP contribution is -2.14. The second kappa shape index (κ2) is 5.70. The predicted octanol–water partition coefficient (Wildman–Crippen LogP) is 3.60. The van der Waals surface area contributed by atoms with Gasteiger partial charge in [0.1, 0.15) is 11.5 Å².